The molecule has 12 heteroatoms. The predicted octanol–water partition coefficient (Wildman–Crippen LogP) is 6.02. The molecule has 1 aliphatic rings. The Kier molecular flexibility index (Phi) is 6.57. The molecule has 2 aromatic carbocycles. The number of halogens is 3. The molecule has 0 spiro atoms. The van der Waals surface area contributed by atoms with Crippen LogP contribution in [0.3, 0.4) is 0 Å². The fourth-order valence-electron chi connectivity index (χ4n) is 4.63. The van der Waals surface area contributed by atoms with Gasteiger partial charge in [0.15, 0.2) is 5.65 Å². The quantitative estimate of drug-likeness (QED) is 0.308. The minimum Gasteiger partial charge on any atom is -0.465 e. The number of benzene rings is 2. The Morgan fingerprint density at radius 3 is 2.56 bits per heavy atom. The van der Waals surface area contributed by atoms with Crippen LogP contribution in [-0.2, 0) is 6.54 Å². The zero-order valence-corrected chi connectivity index (χ0v) is 21.5. The lowest BCUT2D eigenvalue weighted by atomic mass is 10.1. The minimum atomic E-state index is -3.16. The molecule has 1 amide bonds. The second kappa shape index (κ2) is 9.75. The van der Waals surface area contributed by atoms with E-state index in [1.54, 1.807) is 30.3 Å². The van der Waals surface area contributed by atoms with Gasteiger partial charge >= 0.3 is 6.09 Å². The van der Waals surface area contributed by atoms with Gasteiger partial charge in [-0.05, 0) is 45.0 Å². The normalized spacial score (nSPS) is 17.0. The molecule has 2 N–H and O–H groups in total. The fraction of sp³-hybridized carbons (Fsp3) is 0.333. The molecule has 9 nitrogen and oxygen atoms in total. The molecular formula is C27H27F3N6O3. The SMILES string of the molecule is CC(C)(C)Nc1ncnc2c1c(-c1ccc(Oc3ccccc3)cc1F)nn2C[C@@H]1CC(F)(F)CN1C(=O)O. The number of carboxylic acid groups (broad SMARTS) is 1. The van der Waals surface area contributed by atoms with Crippen LogP contribution in [0.15, 0.2) is 54.9 Å². The van der Waals surface area contributed by atoms with Crippen molar-refractivity contribution in [3.63, 3.8) is 0 Å². The van der Waals surface area contributed by atoms with E-state index in [1.165, 1.54) is 23.1 Å². The van der Waals surface area contributed by atoms with E-state index in [9.17, 15) is 18.7 Å². The molecule has 0 aliphatic carbocycles. The van der Waals surface area contributed by atoms with Gasteiger partial charge in [-0.2, -0.15) is 5.10 Å². The van der Waals surface area contributed by atoms with E-state index < -0.39 is 42.4 Å². The summed E-state index contributed by atoms with van der Waals surface area (Å²) in [6, 6.07) is 12.2. The standard InChI is InChI=1S/C27H27F3N6O3/c1-26(2,3)33-23-21-22(19-10-9-18(11-20(19)28)39-17-7-5-4-6-8-17)34-36(24(21)32-15-31-23)13-16-12-27(29,30)14-35(16)25(37)38/h4-11,15-16H,12-14H2,1-3H3,(H,37,38)(H,31,32,33)/t16-/m0/s1. The molecule has 1 fully saturated rings. The largest absolute Gasteiger partial charge is 0.465 e. The van der Waals surface area contributed by atoms with Gasteiger partial charge in [0, 0.05) is 23.6 Å². The number of hydrogen-bond acceptors (Lipinski definition) is 6. The van der Waals surface area contributed by atoms with Crippen molar-refractivity contribution in [2.24, 2.45) is 0 Å². The number of para-hydroxylation sites is 1. The van der Waals surface area contributed by atoms with Crippen molar-refractivity contribution in [3.8, 4) is 22.8 Å². The van der Waals surface area contributed by atoms with Gasteiger partial charge in [-0.15, -0.1) is 0 Å². The van der Waals surface area contributed by atoms with Crippen molar-refractivity contribution < 1.29 is 27.8 Å². The molecule has 39 heavy (non-hydrogen) atoms. The van der Waals surface area contributed by atoms with Gasteiger partial charge in [0.1, 0.15) is 35.2 Å². The van der Waals surface area contributed by atoms with Crippen LogP contribution in [0.25, 0.3) is 22.3 Å². The number of hydrogen-bond donors (Lipinski definition) is 2. The molecular weight excluding hydrogens is 513 g/mol. The first-order chi connectivity index (χ1) is 18.4. The number of nitrogens with zero attached hydrogens (tertiary/aromatic N) is 5. The first-order valence-electron chi connectivity index (χ1n) is 12.3. The van der Waals surface area contributed by atoms with Crippen LogP contribution < -0.4 is 10.1 Å². The number of nitrogens with one attached hydrogen (secondary N) is 1. The van der Waals surface area contributed by atoms with Crippen molar-refractivity contribution in [2.45, 2.75) is 51.2 Å². The lowest BCUT2D eigenvalue weighted by Gasteiger charge is -2.22. The highest BCUT2D eigenvalue weighted by molar-refractivity contribution is 5.99. The van der Waals surface area contributed by atoms with Crippen molar-refractivity contribution in [3.05, 3.63) is 60.7 Å². The van der Waals surface area contributed by atoms with Gasteiger partial charge in [0.25, 0.3) is 5.92 Å². The predicted molar refractivity (Wildman–Crippen MR) is 139 cm³/mol. The molecule has 0 bridgehead atoms. The lowest BCUT2D eigenvalue weighted by molar-refractivity contribution is 0.0125. The second-order valence-corrected chi connectivity index (χ2v) is 10.5. The van der Waals surface area contributed by atoms with Gasteiger partial charge in [0.05, 0.1) is 24.5 Å². The van der Waals surface area contributed by atoms with Gasteiger partial charge < -0.3 is 15.2 Å². The number of amides is 1. The zero-order valence-electron chi connectivity index (χ0n) is 21.5. The smallest absolute Gasteiger partial charge is 0.407 e. The third-order valence-electron chi connectivity index (χ3n) is 6.20. The highest BCUT2D eigenvalue weighted by atomic mass is 19.3. The monoisotopic (exact) mass is 540 g/mol. The Bertz CT molecular complexity index is 1520. The van der Waals surface area contributed by atoms with Crippen molar-refractivity contribution in [1.82, 2.24) is 24.6 Å². The van der Waals surface area contributed by atoms with Crippen LogP contribution >= 0.6 is 0 Å². The van der Waals surface area contributed by atoms with Gasteiger partial charge in [-0.1, -0.05) is 18.2 Å². The maximum absolute atomic E-state index is 15.5. The maximum atomic E-state index is 15.5. The number of likely N-dealkylation sites (tertiary alicyclic amines) is 1. The summed E-state index contributed by atoms with van der Waals surface area (Å²) in [5, 5.41) is 17.7. The maximum Gasteiger partial charge on any atom is 0.407 e. The molecule has 0 unspecified atom stereocenters. The first-order valence-corrected chi connectivity index (χ1v) is 12.3. The summed E-state index contributed by atoms with van der Waals surface area (Å²) in [6.45, 7) is 4.68. The van der Waals surface area contributed by atoms with E-state index in [-0.39, 0.29) is 29.2 Å². The molecule has 1 saturated heterocycles. The Balaban J connectivity index is 1.59. The molecule has 4 aromatic rings. The number of aromatic nitrogens is 4. The Morgan fingerprint density at radius 2 is 1.90 bits per heavy atom. The second-order valence-electron chi connectivity index (χ2n) is 10.5. The number of carbonyl (C=O) groups is 1. The summed E-state index contributed by atoms with van der Waals surface area (Å²) in [5.41, 5.74) is 0.141. The highest BCUT2D eigenvalue weighted by Gasteiger charge is 2.47. The fourth-order valence-corrected chi connectivity index (χ4v) is 4.63. The summed E-state index contributed by atoms with van der Waals surface area (Å²) in [7, 11) is 0. The highest BCUT2D eigenvalue weighted by Crippen LogP contribution is 2.37. The molecule has 5 rings (SSSR count). The molecule has 1 aliphatic heterocycles. The summed E-state index contributed by atoms with van der Waals surface area (Å²) in [4.78, 5) is 21.0. The van der Waals surface area contributed by atoms with Gasteiger partial charge in [-0.3, -0.25) is 4.90 Å². The van der Waals surface area contributed by atoms with E-state index in [0.717, 1.165) is 0 Å². The van der Waals surface area contributed by atoms with E-state index in [2.05, 4.69) is 20.4 Å². The van der Waals surface area contributed by atoms with E-state index in [4.69, 9.17) is 4.74 Å². The molecule has 1 atom stereocenters. The summed E-state index contributed by atoms with van der Waals surface area (Å²) in [6.07, 6.45) is -0.809. The van der Waals surface area contributed by atoms with Crippen molar-refractivity contribution in [1.29, 1.82) is 0 Å². The van der Waals surface area contributed by atoms with Crippen LogP contribution in [0.2, 0.25) is 0 Å². The van der Waals surface area contributed by atoms with Crippen LogP contribution in [-0.4, -0.2) is 59.9 Å². The Labute approximate surface area is 222 Å². The number of ether oxygens (including phenoxy) is 1. The lowest BCUT2D eigenvalue weighted by Crippen LogP contribution is -2.37. The minimum absolute atomic E-state index is 0.123. The van der Waals surface area contributed by atoms with Crippen LogP contribution in [0, 0.1) is 5.82 Å². The van der Waals surface area contributed by atoms with Crippen LogP contribution in [0.1, 0.15) is 27.2 Å². The first kappa shape index (κ1) is 26.3. The number of alkyl halides is 2. The van der Waals surface area contributed by atoms with Crippen molar-refractivity contribution in [2.75, 3.05) is 11.9 Å². The Hall–Kier alpha value is -4.35. The molecule has 204 valence electrons. The molecule has 3 heterocycles. The number of fused-ring (bicyclic) bond motifs is 1. The Morgan fingerprint density at radius 1 is 1.15 bits per heavy atom. The van der Waals surface area contributed by atoms with Crippen LogP contribution in [0.4, 0.5) is 23.8 Å². The van der Waals surface area contributed by atoms with Crippen molar-refractivity contribution >= 4 is 22.9 Å². The topological polar surface area (TPSA) is 105 Å². The molecule has 0 saturated carbocycles. The zero-order chi connectivity index (χ0) is 27.9. The summed E-state index contributed by atoms with van der Waals surface area (Å²) in [5.74, 6) is -2.59. The van der Waals surface area contributed by atoms with E-state index in [0.29, 0.717) is 21.9 Å². The van der Waals surface area contributed by atoms with Gasteiger partial charge in [-0.25, -0.2) is 32.6 Å². The van der Waals surface area contributed by atoms with Gasteiger partial charge in [0.2, 0.25) is 0 Å². The molecule has 0 radical (unpaired) electrons. The third-order valence-corrected chi connectivity index (χ3v) is 6.20. The summed E-state index contributed by atoms with van der Waals surface area (Å²) >= 11 is 0. The average molecular weight is 541 g/mol. The summed E-state index contributed by atoms with van der Waals surface area (Å²) < 4.78 is 50.9. The number of anilines is 1. The number of rotatable bonds is 6. The van der Waals surface area contributed by atoms with E-state index in [1.807, 2.05) is 26.8 Å². The molecule has 2 aromatic heterocycles. The van der Waals surface area contributed by atoms with E-state index >= 15 is 4.39 Å². The third kappa shape index (κ3) is 5.59. The average Bonchev–Trinajstić information content (AvgIpc) is 3.36. The van der Waals surface area contributed by atoms with Crippen LogP contribution in [0.5, 0.6) is 11.5 Å².